The normalized spacial score (nSPS) is 9.29. The lowest BCUT2D eigenvalue weighted by Gasteiger charge is -2.07. The maximum atomic E-state index is 13.0. The van der Waals surface area contributed by atoms with Gasteiger partial charge in [-0.25, -0.2) is 4.39 Å². The first-order valence-corrected chi connectivity index (χ1v) is 4.03. The summed E-state index contributed by atoms with van der Waals surface area (Å²) in [5, 5.41) is 11.2. The maximum absolute atomic E-state index is 13.0. The number of hydrogen-bond acceptors (Lipinski definition) is 2. The third-order valence-corrected chi connectivity index (χ3v) is 1.82. The lowest BCUT2D eigenvalue weighted by Crippen LogP contribution is -2.08. The number of hydrogen-bond donors (Lipinski definition) is 1. The van der Waals surface area contributed by atoms with E-state index in [9.17, 15) is 9.18 Å². The van der Waals surface area contributed by atoms with Crippen molar-refractivity contribution in [2.75, 3.05) is 5.32 Å². The molecule has 4 heteroatoms. The maximum Gasteiger partial charge on any atom is 0.221 e. The lowest BCUT2D eigenvalue weighted by atomic mass is 10.1. The van der Waals surface area contributed by atoms with Crippen molar-refractivity contribution in [1.82, 2.24) is 0 Å². The van der Waals surface area contributed by atoms with E-state index in [0.717, 1.165) is 0 Å². The summed E-state index contributed by atoms with van der Waals surface area (Å²) >= 11 is 0. The second-order valence-corrected chi connectivity index (χ2v) is 2.89. The van der Waals surface area contributed by atoms with Crippen molar-refractivity contribution < 1.29 is 9.18 Å². The molecule has 0 heterocycles. The highest BCUT2D eigenvalue weighted by Gasteiger charge is 2.09. The van der Waals surface area contributed by atoms with Gasteiger partial charge in [-0.05, 0) is 19.1 Å². The van der Waals surface area contributed by atoms with Crippen molar-refractivity contribution in [2.45, 2.75) is 13.8 Å². The van der Waals surface area contributed by atoms with Gasteiger partial charge >= 0.3 is 0 Å². The number of carbonyl (C=O) groups is 1. The molecule has 0 spiro atoms. The van der Waals surface area contributed by atoms with Crippen LogP contribution in [0.3, 0.4) is 0 Å². The van der Waals surface area contributed by atoms with Crippen molar-refractivity contribution in [3.8, 4) is 6.07 Å². The Kier molecular flexibility index (Phi) is 2.82. The van der Waals surface area contributed by atoms with E-state index in [0.29, 0.717) is 5.69 Å². The minimum absolute atomic E-state index is 0.167. The third-order valence-electron chi connectivity index (χ3n) is 1.82. The lowest BCUT2D eigenvalue weighted by molar-refractivity contribution is -0.114. The number of nitrogens with one attached hydrogen (secondary N) is 1. The van der Waals surface area contributed by atoms with Gasteiger partial charge in [-0.3, -0.25) is 4.79 Å². The highest BCUT2D eigenvalue weighted by molar-refractivity contribution is 5.90. The van der Waals surface area contributed by atoms with E-state index in [1.54, 1.807) is 0 Å². The molecule has 14 heavy (non-hydrogen) atoms. The molecular weight excluding hydrogens is 183 g/mol. The molecule has 0 fully saturated rings. The van der Waals surface area contributed by atoms with Gasteiger partial charge in [-0.2, -0.15) is 5.26 Å². The first kappa shape index (κ1) is 10.2. The monoisotopic (exact) mass is 192 g/mol. The van der Waals surface area contributed by atoms with Crippen molar-refractivity contribution >= 4 is 11.6 Å². The van der Waals surface area contributed by atoms with Gasteiger partial charge < -0.3 is 5.32 Å². The second-order valence-electron chi connectivity index (χ2n) is 2.89. The van der Waals surface area contributed by atoms with Crippen LogP contribution in [0.15, 0.2) is 12.1 Å². The van der Waals surface area contributed by atoms with Crippen LogP contribution in [0.4, 0.5) is 10.1 Å². The van der Waals surface area contributed by atoms with E-state index in [4.69, 9.17) is 5.26 Å². The summed E-state index contributed by atoms with van der Waals surface area (Å²) in [5.74, 6) is -0.733. The quantitative estimate of drug-likeness (QED) is 0.739. The summed E-state index contributed by atoms with van der Waals surface area (Å²) in [6.45, 7) is 2.83. The molecule has 1 rings (SSSR count). The smallest absolute Gasteiger partial charge is 0.221 e. The Morgan fingerprint density at radius 1 is 1.57 bits per heavy atom. The van der Waals surface area contributed by atoms with Gasteiger partial charge in [0.05, 0.1) is 11.3 Å². The average molecular weight is 192 g/mol. The van der Waals surface area contributed by atoms with Crippen molar-refractivity contribution in [3.63, 3.8) is 0 Å². The van der Waals surface area contributed by atoms with Gasteiger partial charge in [-0.15, -0.1) is 0 Å². The molecule has 0 unspecified atom stereocenters. The van der Waals surface area contributed by atoms with Crippen LogP contribution in [0.2, 0.25) is 0 Å². The number of benzene rings is 1. The summed E-state index contributed by atoms with van der Waals surface area (Å²) in [6.07, 6.45) is 0. The topological polar surface area (TPSA) is 52.9 Å². The summed E-state index contributed by atoms with van der Waals surface area (Å²) < 4.78 is 13.0. The zero-order chi connectivity index (χ0) is 10.7. The molecule has 1 aromatic rings. The number of amides is 1. The largest absolute Gasteiger partial charge is 0.325 e. The third kappa shape index (κ3) is 1.88. The predicted molar refractivity (Wildman–Crippen MR) is 50.2 cm³/mol. The molecule has 0 aliphatic carbocycles. The summed E-state index contributed by atoms with van der Waals surface area (Å²) in [5.41, 5.74) is 0.762. The molecule has 0 aliphatic heterocycles. The predicted octanol–water partition coefficient (Wildman–Crippen LogP) is 1.96. The van der Waals surface area contributed by atoms with E-state index in [1.807, 2.05) is 6.07 Å². The van der Waals surface area contributed by atoms with Crippen LogP contribution in [-0.4, -0.2) is 5.91 Å². The SMILES string of the molecule is CC(=O)Nc1ccc(F)c(C)c1C#N. The first-order valence-electron chi connectivity index (χ1n) is 4.03. The van der Waals surface area contributed by atoms with Crippen LogP contribution in [0.25, 0.3) is 0 Å². The molecule has 0 atom stereocenters. The molecule has 0 saturated carbocycles. The molecule has 1 amide bonds. The number of nitrogens with zero attached hydrogens (tertiary/aromatic N) is 1. The Morgan fingerprint density at radius 3 is 2.71 bits per heavy atom. The van der Waals surface area contributed by atoms with Gasteiger partial charge in [-0.1, -0.05) is 0 Å². The standard InChI is InChI=1S/C10H9FN2O/c1-6-8(5-12)10(13-7(2)14)4-3-9(6)11/h3-4H,1-2H3,(H,13,14). The molecule has 0 radical (unpaired) electrons. The molecular formula is C10H9FN2O. The van der Waals surface area contributed by atoms with Crippen molar-refractivity contribution in [1.29, 1.82) is 5.26 Å². The molecule has 0 bridgehead atoms. The Morgan fingerprint density at radius 2 is 2.21 bits per heavy atom. The summed E-state index contributed by atoms with van der Waals surface area (Å²) in [4.78, 5) is 10.8. The first-order chi connectivity index (χ1) is 6.56. The molecule has 3 nitrogen and oxygen atoms in total. The summed E-state index contributed by atoms with van der Waals surface area (Å²) in [6, 6.07) is 4.46. The zero-order valence-electron chi connectivity index (χ0n) is 7.89. The van der Waals surface area contributed by atoms with E-state index >= 15 is 0 Å². The molecule has 72 valence electrons. The van der Waals surface area contributed by atoms with Crippen LogP contribution in [-0.2, 0) is 4.79 Å². The van der Waals surface area contributed by atoms with Gasteiger partial charge in [0.25, 0.3) is 0 Å². The van der Waals surface area contributed by atoms with E-state index in [-0.39, 0.29) is 17.0 Å². The number of carbonyl (C=O) groups excluding carboxylic acids is 1. The van der Waals surface area contributed by atoms with E-state index in [1.165, 1.54) is 26.0 Å². The van der Waals surface area contributed by atoms with Gasteiger partial charge in [0.15, 0.2) is 0 Å². The summed E-state index contributed by atoms with van der Waals surface area (Å²) in [7, 11) is 0. The fraction of sp³-hybridized carbons (Fsp3) is 0.200. The van der Waals surface area contributed by atoms with E-state index < -0.39 is 5.82 Å². The molecule has 1 N–H and O–H groups in total. The number of nitriles is 1. The fourth-order valence-electron chi connectivity index (χ4n) is 1.12. The van der Waals surface area contributed by atoms with Crippen molar-refractivity contribution in [3.05, 3.63) is 29.1 Å². The fourth-order valence-corrected chi connectivity index (χ4v) is 1.12. The van der Waals surface area contributed by atoms with E-state index in [2.05, 4.69) is 5.32 Å². The number of halogens is 1. The molecule has 0 aromatic heterocycles. The van der Waals surface area contributed by atoms with Crippen molar-refractivity contribution in [2.24, 2.45) is 0 Å². The Labute approximate surface area is 81.2 Å². The van der Waals surface area contributed by atoms with Crippen LogP contribution in [0, 0.1) is 24.1 Å². The molecule has 0 aliphatic rings. The van der Waals surface area contributed by atoms with Crippen LogP contribution >= 0.6 is 0 Å². The molecule has 0 saturated heterocycles. The Balaban J connectivity index is 3.26. The Bertz CT molecular complexity index is 421. The van der Waals surface area contributed by atoms with Gasteiger partial charge in [0.2, 0.25) is 5.91 Å². The molecule has 1 aromatic carbocycles. The number of rotatable bonds is 1. The second kappa shape index (κ2) is 3.88. The van der Waals surface area contributed by atoms with Crippen LogP contribution in [0.1, 0.15) is 18.1 Å². The minimum atomic E-state index is -0.448. The Hall–Kier alpha value is -1.89. The highest BCUT2D eigenvalue weighted by Crippen LogP contribution is 2.21. The minimum Gasteiger partial charge on any atom is -0.325 e. The average Bonchev–Trinajstić information content (AvgIpc) is 2.11. The van der Waals surface area contributed by atoms with Gasteiger partial charge in [0, 0.05) is 12.5 Å². The van der Waals surface area contributed by atoms with Crippen LogP contribution in [0.5, 0.6) is 0 Å². The van der Waals surface area contributed by atoms with Gasteiger partial charge in [0.1, 0.15) is 11.9 Å². The zero-order valence-corrected chi connectivity index (χ0v) is 7.89. The number of anilines is 1. The van der Waals surface area contributed by atoms with Crippen LogP contribution < -0.4 is 5.32 Å². The highest BCUT2D eigenvalue weighted by atomic mass is 19.1.